The third kappa shape index (κ3) is 4.56. The van der Waals surface area contributed by atoms with Gasteiger partial charge in [-0.2, -0.15) is 9.97 Å². The summed E-state index contributed by atoms with van der Waals surface area (Å²) in [4.78, 5) is 18.9. The second-order valence-corrected chi connectivity index (χ2v) is 13.2. The number of halogens is 3. The van der Waals surface area contributed by atoms with Crippen molar-refractivity contribution < 1.29 is 22.6 Å². The molecule has 4 atom stereocenters. The molecule has 11 heteroatoms. The number of hydrogen-bond donors (Lipinski definition) is 1. The number of pyridine rings is 1. The van der Waals surface area contributed by atoms with Crippen LogP contribution in [0.1, 0.15) is 56.2 Å². The Labute approximate surface area is 265 Å². The fourth-order valence-corrected chi connectivity index (χ4v) is 8.23. The zero-order chi connectivity index (χ0) is 31.7. The normalized spacial score (nSPS) is 26.1. The summed E-state index contributed by atoms with van der Waals surface area (Å²) in [5, 5.41) is 1.45. The molecule has 0 spiro atoms. The van der Waals surface area contributed by atoms with Crippen LogP contribution < -0.4 is 15.4 Å². The number of ether oxygens (including phenoxy) is 2. The molecule has 6 heterocycles. The number of rotatable bonds is 4. The molecule has 0 unspecified atom stereocenters. The number of hydrogen-bond acceptors (Lipinski definition) is 8. The lowest BCUT2D eigenvalue weighted by Crippen LogP contribution is -2.43. The van der Waals surface area contributed by atoms with Crippen LogP contribution in [0.4, 0.5) is 24.7 Å². The van der Waals surface area contributed by atoms with Gasteiger partial charge in [-0.3, -0.25) is 4.90 Å². The molecule has 8 nitrogen and oxygen atoms in total. The lowest BCUT2D eigenvalue weighted by atomic mass is 9.93. The van der Waals surface area contributed by atoms with E-state index in [0.717, 1.165) is 25.8 Å². The highest BCUT2D eigenvalue weighted by Crippen LogP contribution is 2.45. The van der Waals surface area contributed by atoms with E-state index in [1.165, 1.54) is 6.07 Å². The van der Waals surface area contributed by atoms with Gasteiger partial charge >= 0.3 is 6.01 Å². The molecule has 0 bridgehead atoms. The number of nitrogen functional groups attached to an aromatic ring is 1. The molecular formula is C35H35F3N6O2. The number of nitrogens with zero attached hydrogens (tertiary/aromatic N) is 5. The summed E-state index contributed by atoms with van der Waals surface area (Å²) in [5.74, 6) is 1.58. The molecule has 2 aromatic heterocycles. The second-order valence-electron chi connectivity index (χ2n) is 13.2. The van der Waals surface area contributed by atoms with Crippen molar-refractivity contribution >= 4 is 33.2 Å². The molecule has 2 aromatic carbocycles. The number of benzene rings is 2. The highest BCUT2D eigenvalue weighted by molar-refractivity contribution is 6.04. The monoisotopic (exact) mass is 628 g/mol. The number of alkyl halides is 1. The van der Waals surface area contributed by atoms with Crippen LogP contribution in [-0.4, -0.2) is 77.1 Å². The van der Waals surface area contributed by atoms with Crippen LogP contribution >= 0.6 is 0 Å². The summed E-state index contributed by atoms with van der Waals surface area (Å²) in [6.07, 6.45) is 8.51. The van der Waals surface area contributed by atoms with Crippen LogP contribution in [0.25, 0.3) is 32.9 Å². The highest BCUT2D eigenvalue weighted by atomic mass is 19.1. The quantitative estimate of drug-likeness (QED) is 0.226. The van der Waals surface area contributed by atoms with Gasteiger partial charge in [-0.05, 0) is 55.8 Å². The largest absolute Gasteiger partial charge is 0.461 e. The Morgan fingerprint density at radius 1 is 1.15 bits per heavy atom. The first-order valence-electron chi connectivity index (χ1n) is 16.0. The van der Waals surface area contributed by atoms with Crippen LogP contribution in [0.2, 0.25) is 0 Å². The van der Waals surface area contributed by atoms with Crippen LogP contribution in [0.5, 0.6) is 6.01 Å². The van der Waals surface area contributed by atoms with Crippen molar-refractivity contribution in [3.05, 3.63) is 47.2 Å². The first kappa shape index (κ1) is 29.3. The van der Waals surface area contributed by atoms with E-state index in [1.807, 2.05) is 0 Å². The minimum atomic E-state index is -0.912. The molecule has 0 aliphatic carbocycles. The minimum Gasteiger partial charge on any atom is -0.461 e. The van der Waals surface area contributed by atoms with Crippen molar-refractivity contribution in [1.82, 2.24) is 19.9 Å². The van der Waals surface area contributed by atoms with Crippen LogP contribution in [-0.2, 0) is 4.74 Å². The predicted octanol–water partition coefficient (Wildman–Crippen LogP) is 5.74. The van der Waals surface area contributed by atoms with Gasteiger partial charge in [0.2, 0.25) is 0 Å². The van der Waals surface area contributed by atoms with Gasteiger partial charge in [-0.15, -0.1) is 6.42 Å². The van der Waals surface area contributed by atoms with Gasteiger partial charge < -0.3 is 20.1 Å². The standard InChI is InChI=1S/C35H35F3N6O2/c1-3-24-26(37)7-6-20-13-22(39)14-25(27(20)24)31-29(38)32-28-30(40-31)19(2)12-23-17-45-11-5-10-44(23)33(28)42-34(41-32)46-18-35-8-4-9-43(35)16-21(36)15-35/h1,6-7,13-14,19,21,23H,4-5,8-12,15-18,39H2,2H3/t19-,21+,23-,35-/m0/s1. The van der Waals surface area contributed by atoms with E-state index >= 15 is 8.78 Å². The first-order chi connectivity index (χ1) is 22.3. The van der Waals surface area contributed by atoms with Crippen molar-refractivity contribution in [3.8, 4) is 29.6 Å². The average Bonchev–Trinajstić information content (AvgIpc) is 3.42. The molecule has 238 valence electrons. The molecular weight excluding hydrogens is 593 g/mol. The van der Waals surface area contributed by atoms with Crippen LogP contribution in [0.15, 0.2) is 24.3 Å². The van der Waals surface area contributed by atoms with Crippen LogP contribution in [0.3, 0.4) is 0 Å². The highest BCUT2D eigenvalue weighted by Gasteiger charge is 2.49. The number of anilines is 2. The fourth-order valence-electron chi connectivity index (χ4n) is 8.23. The molecule has 0 radical (unpaired) electrons. The molecule has 3 saturated heterocycles. The Bertz CT molecular complexity index is 1930. The second kappa shape index (κ2) is 11.0. The van der Waals surface area contributed by atoms with Gasteiger partial charge in [0.25, 0.3) is 0 Å². The molecule has 4 aliphatic rings. The lowest BCUT2D eigenvalue weighted by molar-refractivity contribution is 0.107. The maximum atomic E-state index is 17.1. The Balaban J connectivity index is 1.35. The maximum absolute atomic E-state index is 17.1. The molecule has 2 N–H and O–H groups in total. The molecule has 0 saturated carbocycles. The van der Waals surface area contributed by atoms with Gasteiger partial charge in [-0.25, -0.2) is 18.2 Å². The summed E-state index contributed by atoms with van der Waals surface area (Å²) >= 11 is 0. The molecule has 4 aliphatic heterocycles. The SMILES string of the molecule is C#Cc1c(F)ccc2cc(N)cc(-c3nc4c5c(nc(OC[C@@]67CCCN6C[C@H](F)C7)nc5c3F)N3CCCOC[C@@H]3C[C@@H]4C)c12. The van der Waals surface area contributed by atoms with Crippen molar-refractivity contribution in [3.63, 3.8) is 0 Å². The maximum Gasteiger partial charge on any atom is 0.319 e. The minimum absolute atomic E-state index is 0.00810. The van der Waals surface area contributed by atoms with Crippen LogP contribution in [0, 0.1) is 24.0 Å². The van der Waals surface area contributed by atoms with Crippen molar-refractivity contribution in [2.45, 2.75) is 62.7 Å². The number of aromatic nitrogens is 3. The molecule has 8 rings (SSSR count). The predicted molar refractivity (Wildman–Crippen MR) is 171 cm³/mol. The van der Waals surface area contributed by atoms with Crippen molar-refractivity contribution in [2.24, 2.45) is 0 Å². The Hall–Kier alpha value is -4.14. The fraction of sp³-hybridized carbons (Fsp3) is 0.457. The van der Waals surface area contributed by atoms with E-state index in [2.05, 4.69) is 22.6 Å². The van der Waals surface area contributed by atoms with Crippen molar-refractivity contribution in [2.75, 3.05) is 50.1 Å². The zero-order valence-electron chi connectivity index (χ0n) is 25.7. The average molecular weight is 629 g/mol. The number of nitrogens with two attached hydrogens (primary N) is 1. The zero-order valence-corrected chi connectivity index (χ0v) is 25.7. The number of terminal acetylenes is 1. The van der Waals surface area contributed by atoms with E-state index in [4.69, 9.17) is 36.6 Å². The summed E-state index contributed by atoms with van der Waals surface area (Å²) < 4.78 is 58.9. The van der Waals surface area contributed by atoms with Gasteiger partial charge in [0.1, 0.15) is 35.6 Å². The summed E-state index contributed by atoms with van der Waals surface area (Å²) in [6, 6.07) is 6.12. The smallest absolute Gasteiger partial charge is 0.319 e. The van der Waals surface area contributed by atoms with E-state index in [0.29, 0.717) is 72.5 Å². The third-order valence-electron chi connectivity index (χ3n) is 10.3. The van der Waals surface area contributed by atoms with Crippen molar-refractivity contribution in [1.29, 1.82) is 0 Å². The summed E-state index contributed by atoms with van der Waals surface area (Å²) in [5.41, 5.74) is 7.19. The van der Waals surface area contributed by atoms with E-state index in [-0.39, 0.29) is 46.9 Å². The number of fused-ring (bicyclic) bond motifs is 4. The topological polar surface area (TPSA) is 89.6 Å². The molecule has 0 amide bonds. The van der Waals surface area contributed by atoms with Gasteiger partial charge in [0.15, 0.2) is 5.82 Å². The summed E-state index contributed by atoms with van der Waals surface area (Å²) in [6.45, 7) is 5.25. The Kier molecular flexibility index (Phi) is 6.99. The lowest BCUT2D eigenvalue weighted by Gasteiger charge is -2.32. The first-order valence-corrected chi connectivity index (χ1v) is 16.0. The van der Waals surface area contributed by atoms with Gasteiger partial charge in [0.05, 0.1) is 34.8 Å². The summed E-state index contributed by atoms with van der Waals surface area (Å²) in [7, 11) is 0. The van der Waals surface area contributed by atoms with Gasteiger partial charge in [-0.1, -0.05) is 18.9 Å². The third-order valence-corrected chi connectivity index (χ3v) is 10.3. The van der Waals surface area contributed by atoms with E-state index in [1.54, 1.807) is 18.2 Å². The Morgan fingerprint density at radius 3 is 2.87 bits per heavy atom. The molecule has 3 fully saturated rings. The van der Waals surface area contributed by atoms with E-state index in [9.17, 15) is 4.39 Å². The molecule has 4 aromatic rings. The molecule has 46 heavy (non-hydrogen) atoms. The van der Waals surface area contributed by atoms with E-state index < -0.39 is 23.3 Å². The van der Waals surface area contributed by atoms with Gasteiger partial charge in [0, 0.05) is 48.7 Å². The Morgan fingerprint density at radius 2 is 2.02 bits per heavy atom.